The molecule has 0 saturated carbocycles. The Labute approximate surface area is 148 Å². The quantitative estimate of drug-likeness (QED) is 0.374. The third-order valence-electron chi connectivity index (χ3n) is 3.75. The van der Waals surface area contributed by atoms with Gasteiger partial charge in [-0.15, -0.1) is 0 Å². The largest absolute Gasteiger partial charge is 0.504 e. The summed E-state index contributed by atoms with van der Waals surface area (Å²) < 4.78 is 14.9. The predicted octanol–water partition coefficient (Wildman–Crippen LogP) is 2.85. The molecule has 0 fully saturated rings. The standard InChI is InChI=1S/C19H16FN3O3/c20-14-8-6-13(7-9-14)12-23-10-2-3-15(23)11-21-22-19(26)16-4-1-5-17(24)18(16)25/h1-11,24-25H,12H2,(H,22,26)/b21-11+. The molecule has 1 heterocycles. The van der Waals surface area contributed by atoms with Crippen LogP contribution in [0.4, 0.5) is 4.39 Å². The van der Waals surface area contributed by atoms with Crippen LogP contribution in [0.15, 0.2) is 65.9 Å². The summed E-state index contributed by atoms with van der Waals surface area (Å²) in [6.45, 7) is 0.524. The molecular formula is C19H16FN3O3. The van der Waals surface area contributed by atoms with Crippen molar-refractivity contribution >= 4 is 12.1 Å². The molecule has 0 atom stereocenters. The maximum Gasteiger partial charge on any atom is 0.275 e. The third kappa shape index (κ3) is 3.89. The number of phenolic OH excluding ortho intramolecular Hbond substituents is 2. The second-order valence-corrected chi connectivity index (χ2v) is 5.56. The van der Waals surface area contributed by atoms with Crippen molar-refractivity contribution in [2.45, 2.75) is 6.54 Å². The molecule has 0 radical (unpaired) electrons. The maximum atomic E-state index is 13.0. The number of para-hydroxylation sites is 1. The zero-order valence-electron chi connectivity index (χ0n) is 13.6. The summed E-state index contributed by atoms with van der Waals surface area (Å²) in [5.41, 5.74) is 3.87. The summed E-state index contributed by atoms with van der Waals surface area (Å²) in [6, 6.07) is 13.9. The lowest BCUT2D eigenvalue weighted by atomic mass is 10.2. The van der Waals surface area contributed by atoms with Gasteiger partial charge in [-0.1, -0.05) is 18.2 Å². The maximum absolute atomic E-state index is 13.0. The number of rotatable bonds is 5. The highest BCUT2D eigenvalue weighted by Crippen LogP contribution is 2.27. The highest BCUT2D eigenvalue weighted by atomic mass is 19.1. The van der Waals surface area contributed by atoms with Crippen LogP contribution in [0.2, 0.25) is 0 Å². The summed E-state index contributed by atoms with van der Waals surface area (Å²) in [6.07, 6.45) is 3.30. The van der Waals surface area contributed by atoms with E-state index in [0.717, 1.165) is 11.3 Å². The van der Waals surface area contributed by atoms with Gasteiger partial charge in [-0.3, -0.25) is 4.79 Å². The minimum absolute atomic E-state index is 0.0798. The van der Waals surface area contributed by atoms with Crippen LogP contribution < -0.4 is 5.43 Å². The molecule has 0 aliphatic heterocycles. The van der Waals surface area contributed by atoms with Crippen molar-refractivity contribution < 1.29 is 19.4 Å². The van der Waals surface area contributed by atoms with Crippen LogP contribution in [0.25, 0.3) is 0 Å². The van der Waals surface area contributed by atoms with Crippen molar-refractivity contribution in [1.29, 1.82) is 0 Å². The van der Waals surface area contributed by atoms with E-state index in [-0.39, 0.29) is 17.1 Å². The van der Waals surface area contributed by atoms with E-state index < -0.39 is 11.7 Å². The van der Waals surface area contributed by atoms with Gasteiger partial charge in [-0.2, -0.15) is 5.10 Å². The molecule has 0 aliphatic rings. The van der Waals surface area contributed by atoms with Crippen molar-refractivity contribution in [1.82, 2.24) is 9.99 Å². The molecule has 0 aliphatic carbocycles. The summed E-state index contributed by atoms with van der Waals surface area (Å²) in [5.74, 6) is -1.82. The zero-order valence-corrected chi connectivity index (χ0v) is 13.6. The highest BCUT2D eigenvalue weighted by molar-refractivity contribution is 5.98. The lowest BCUT2D eigenvalue weighted by molar-refractivity contribution is 0.0951. The molecule has 3 N–H and O–H groups in total. The fourth-order valence-electron chi connectivity index (χ4n) is 2.41. The first-order valence-corrected chi connectivity index (χ1v) is 7.78. The molecule has 3 aromatic rings. The monoisotopic (exact) mass is 353 g/mol. The van der Waals surface area contributed by atoms with Crippen LogP contribution in [0.1, 0.15) is 21.6 Å². The molecule has 1 aromatic heterocycles. The van der Waals surface area contributed by atoms with E-state index in [0.29, 0.717) is 6.54 Å². The van der Waals surface area contributed by atoms with Gasteiger partial charge in [0.15, 0.2) is 11.5 Å². The average molecular weight is 353 g/mol. The van der Waals surface area contributed by atoms with E-state index >= 15 is 0 Å². The summed E-state index contributed by atoms with van der Waals surface area (Å²) in [4.78, 5) is 12.0. The lowest BCUT2D eigenvalue weighted by Crippen LogP contribution is -2.18. The Morgan fingerprint density at radius 2 is 1.88 bits per heavy atom. The van der Waals surface area contributed by atoms with Crippen LogP contribution >= 0.6 is 0 Å². The smallest absolute Gasteiger partial charge is 0.275 e. The number of benzene rings is 2. The molecule has 1 amide bonds. The van der Waals surface area contributed by atoms with Gasteiger partial charge in [0, 0.05) is 12.7 Å². The van der Waals surface area contributed by atoms with Gasteiger partial charge in [0.1, 0.15) is 5.82 Å². The van der Waals surface area contributed by atoms with E-state index in [4.69, 9.17) is 0 Å². The summed E-state index contributed by atoms with van der Waals surface area (Å²) in [5, 5.41) is 23.0. The zero-order chi connectivity index (χ0) is 18.5. The number of halogens is 1. The van der Waals surface area contributed by atoms with Crippen molar-refractivity contribution in [3.05, 3.63) is 83.4 Å². The number of carbonyl (C=O) groups excluding carboxylic acids is 1. The van der Waals surface area contributed by atoms with Crippen LogP contribution in [-0.2, 0) is 6.54 Å². The van der Waals surface area contributed by atoms with Gasteiger partial charge in [-0.25, -0.2) is 9.82 Å². The van der Waals surface area contributed by atoms with E-state index in [1.165, 1.54) is 36.5 Å². The highest BCUT2D eigenvalue weighted by Gasteiger charge is 2.13. The Bertz CT molecular complexity index is 949. The Kier molecular flexibility index (Phi) is 4.98. The SMILES string of the molecule is O=C(N/N=C/c1cccn1Cc1ccc(F)cc1)c1cccc(O)c1O. The number of aromatic hydroxyl groups is 2. The molecule has 132 valence electrons. The van der Waals surface area contributed by atoms with Gasteiger partial charge >= 0.3 is 0 Å². The van der Waals surface area contributed by atoms with Crippen molar-refractivity contribution in [2.75, 3.05) is 0 Å². The van der Waals surface area contributed by atoms with Gasteiger partial charge in [0.25, 0.3) is 5.91 Å². The molecule has 0 unspecified atom stereocenters. The van der Waals surface area contributed by atoms with E-state index in [1.807, 2.05) is 22.9 Å². The molecule has 0 bridgehead atoms. The lowest BCUT2D eigenvalue weighted by Gasteiger charge is -2.07. The number of hydrazone groups is 1. The topological polar surface area (TPSA) is 86.9 Å². The van der Waals surface area contributed by atoms with Crippen LogP contribution in [0, 0.1) is 5.82 Å². The molecule has 6 nitrogen and oxygen atoms in total. The fourth-order valence-corrected chi connectivity index (χ4v) is 2.41. The molecule has 3 rings (SSSR count). The van der Waals surface area contributed by atoms with Crippen LogP contribution in [0.3, 0.4) is 0 Å². The molecule has 2 aromatic carbocycles. The second-order valence-electron chi connectivity index (χ2n) is 5.56. The normalized spacial score (nSPS) is 11.0. The Morgan fingerprint density at radius 1 is 1.12 bits per heavy atom. The molecule has 0 saturated heterocycles. The van der Waals surface area contributed by atoms with Crippen molar-refractivity contribution in [3.63, 3.8) is 0 Å². The number of nitrogens with one attached hydrogen (secondary N) is 1. The van der Waals surface area contributed by atoms with E-state index in [9.17, 15) is 19.4 Å². The van der Waals surface area contributed by atoms with Crippen molar-refractivity contribution in [2.24, 2.45) is 5.10 Å². The number of phenols is 2. The number of hydrogen-bond donors (Lipinski definition) is 3. The van der Waals surface area contributed by atoms with Gasteiger partial charge < -0.3 is 14.8 Å². The summed E-state index contributed by atoms with van der Waals surface area (Å²) in [7, 11) is 0. The number of hydrogen-bond acceptors (Lipinski definition) is 4. The first-order chi connectivity index (χ1) is 12.5. The second kappa shape index (κ2) is 7.52. The first kappa shape index (κ1) is 17.2. The van der Waals surface area contributed by atoms with Gasteiger partial charge in [0.05, 0.1) is 17.5 Å². The average Bonchev–Trinajstić information content (AvgIpc) is 3.06. The number of amides is 1. The molecular weight excluding hydrogens is 337 g/mol. The van der Waals surface area contributed by atoms with E-state index in [1.54, 1.807) is 12.1 Å². The van der Waals surface area contributed by atoms with Crippen LogP contribution in [-0.4, -0.2) is 26.9 Å². The number of nitrogens with zero attached hydrogens (tertiary/aromatic N) is 2. The van der Waals surface area contributed by atoms with Gasteiger partial charge in [0.2, 0.25) is 0 Å². The Hall–Kier alpha value is -3.61. The summed E-state index contributed by atoms with van der Waals surface area (Å²) >= 11 is 0. The Balaban J connectivity index is 1.68. The number of aromatic nitrogens is 1. The first-order valence-electron chi connectivity index (χ1n) is 7.78. The van der Waals surface area contributed by atoms with Gasteiger partial charge in [-0.05, 0) is 42.0 Å². The van der Waals surface area contributed by atoms with Crippen molar-refractivity contribution in [3.8, 4) is 11.5 Å². The van der Waals surface area contributed by atoms with E-state index in [2.05, 4.69) is 10.5 Å². The number of carbonyl (C=O) groups is 1. The molecule has 26 heavy (non-hydrogen) atoms. The fraction of sp³-hybridized carbons (Fsp3) is 0.0526. The molecule has 0 spiro atoms. The predicted molar refractivity (Wildman–Crippen MR) is 94.8 cm³/mol. The van der Waals surface area contributed by atoms with Crippen LogP contribution in [0.5, 0.6) is 11.5 Å². The minimum Gasteiger partial charge on any atom is -0.504 e. The molecule has 7 heteroatoms. The minimum atomic E-state index is -0.647. The Morgan fingerprint density at radius 3 is 2.65 bits per heavy atom. The third-order valence-corrected chi connectivity index (χ3v) is 3.75.